The summed E-state index contributed by atoms with van der Waals surface area (Å²) in [5.74, 6) is 0. The van der Waals surface area contributed by atoms with Crippen LogP contribution >= 0.6 is 0 Å². The van der Waals surface area contributed by atoms with E-state index < -0.39 is 4.92 Å². The van der Waals surface area contributed by atoms with Gasteiger partial charge in [0.1, 0.15) is 0 Å². The second kappa shape index (κ2) is 4.59. The van der Waals surface area contributed by atoms with Gasteiger partial charge < -0.3 is 5.32 Å². The van der Waals surface area contributed by atoms with E-state index in [-0.39, 0.29) is 5.70 Å². The highest BCUT2D eigenvalue weighted by molar-refractivity contribution is 5.48. The number of nitrogens with zero attached hydrogens (tertiary/aromatic N) is 1. The second-order valence-corrected chi connectivity index (χ2v) is 3.46. The van der Waals surface area contributed by atoms with Gasteiger partial charge in [-0.25, -0.2) is 0 Å². The van der Waals surface area contributed by atoms with Crippen LogP contribution < -0.4 is 5.32 Å². The zero-order chi connectivity index (χ0) is 11.4. The predicted octanol–water partition coefficient (Wildman–Crippen LogP) is 2.94. The van der Waals surface area contributed by atoms with Crippen molar-refractivity contribution in [1.82, 2.24) is 0 Å². The summed E-state index contributed by atoms with van der Waals surface area (Å²) in [7, 11) is 0. The van der Waals surface area contributed by atoms with Gasteiger partial charge in [0.15, 0.2) is 0 Å². The van der Waals surface area contributed by atoms with E-state index in [1.54, 1.807) is 6.92 Å². The summed E-state index contributed by atoms with van der Waals surface area (Å²) in [6.45, 7) is 5.17. The molecule has 1 aromatic carbocycles. The third kappa shape index (κ3) is 3.09. The molecule has 4 nitrogen and oxygen atoms in total. The van der Waals surface area contributed by atoms with Crippen LogP contribution in [0.1, 0.15) is 19.4 Å². The molecule has 0 fully saturated rings. The van der Waals surface area contributed by atoms with Crippen molar-refractivity contribution in [2.75, 3.05) is 5.32 Å². The molecule has 0 saturated heterocycles. The van der Waals surface area contributed by atoms with E-state index in [1.165, 1.54) is 6.92 Å². The average Bonchev–Trinajstić information content (AvgIpc) is 2.20. The van der Waals surface area contributed by atoms with Crippen molar-refractivity contribution in [2.24, 2.45) is 0 Å². The molecule has 0 heterocycles. The molecule has 4 heteroatoms. The number of nitrogens with one attached hydrogen (secondary N) is 1. The van der Waals surface area contributed by atoms with E-state index in [0.717, 1.165) is 11.3 Å². The quantitative estimate of drug-likeness (QED) is 0.611. The highest BCUT2D eigenvalue weighted by atomic mass is 16.6. The molecule has 0 aliphatic heterocycles. The molecule has 0 aliphatic carbocycles. The number of anilines is 1. The van der Waals surface area contributed by atoms with Crippen molar-refractivity contribution in [3.8, 4) is 0 Å². The smallest absolute Gasteiger partial charge is 0.261 e. The lowest BCUT2D eigenvalue weighted by Gasteiger charge is -2.06. The maximum absolute atomic E-state index is 10.5. The Hall–Kier alpha value is -1.84. The molecule has 0 unspecified atom stereocenters. The van der Waals surface area contributed by atoms with Crippen LogP contribution in [0.3, 0.4) is 0 Å². The summed E-state index contributed by atoms with van der Waals surface area (Å²) >= 11 is 0. The molecule has 0 bridgehead atoms. The van der Waals surface area contributed by atoms with Gasteiger partial charge in [0.05, 0.1) is 10.6 Å². The van der Waals surface area contributed by atoms with Gasteiger partial charge in [-0.1, -0.05) is 17.7 Å². The number of hydrogen-bond acceptors (Lipinski definition) is 3. The fourth-order valence-corrected chi connectivity index (χ4v) is 1.08. The standard InChI is InChI=1S/C11H14N2O2/c1-8-4-6-11(7-5-8)12-9(2)10(3)13(14)15/h4-7,12H,1-3H3/b10-9-. The summed E-state index contributed by atoms with van der Waals surface area (Å²) in [6, 6.07) is 7.70. The Morgan fingerprint density at radius 3 is 2.27 bits per heavy atom. The molecule has 0 saturated carbocycles. The van der Waals surface area contributed by atoms with Gasteiger partial charge in [-0.05, 0) is 26.0 Å². The van der Waals surface area contributed by atoms with Gasteiger partial charge in [-0.3, -0.25) is 10.1 Å². The molecule has 0 aromatic heterocycles. The fourth-order valence-electron chi connectivity index (χ4n) is 1.08. The summed E-state index contributed by atoms with van der Waals surface area (Å²) in [6.07, 6.45) is 0. The van der Waals surface area contributed by atoms with Crippen LogP contribution in [0, 0.1) is 17.0 Å². The van der Waals surface area contributed by atoms with Gasteiger partial charge in [0.25, 0.3) is 5.70 Å². The minimum atomic E-state index is -0.392. The Morgan fingerprint density at radius 2 is 1.80 bits per heavy atom. The van der Waals surface area contributed by atoms with Gasteiger partial charge in [-0.15, -0.1) is 0 Å². The lowest BCUT2D eigenvalue weighted by Crippen LogP contribution is -2.04. The lowest BCUT2D eigenvalue weighted by atomic mass is 10.2. The second-order valence-electron chi connectivity index (χ2n) is 3.46. The number of allylic oxidation sites excluding steroid dienone is 2. The SMILES string of the molecule is C/C(Nc1ccc(C)cc1)=C(\C)[N+](=O)[O-]. The van der Waals surface area contributed by atoms with Crippen molar-refractivity contribution in [3.05, 3.63) is 51.3 Å². The third-order valence-electron chi connectivity index (χ3n) is 2.20. The van der Waals surface area contributed by atoms with E-state index in [0.29, 0.717) is 5.70 Å². The first-order chi connectivity index (χ1) is 7.00. The van der Waals surface area contributed by atoms with Crippen LogP contribution in [0.4, 0.5) is 5.69 Å². The Morgan fingerprint density at radius 1 is 1.27 bits per heavy atom. The van der Waals surface area contributed by atoms with Crippen LogP contribution in [0.15, 0.2) is 35.7 Å². The van der Waals surface area contributed by atoms with Crippen LogP contribution in [0.5, 0.6) is 0 Å². The minimum absolute atomic E-state index is 0.135. The highest BCUT2D eigenvalue weighted by Gasteiger charge is 2.07. The topological polar surface area (TPSA) is 55.2 Å². The Balaban J connectivity index is 2.83. The Bertz CT molecular complexity index is 394. The van der Waals surface area contributed by atoms with Gasteiger partial charge >= 0.3 is 0 Å². The highest BCUT2D eigenvalue weighted by Crippen LogP contribution is 2.13. The number of benzene rings is 1. The number of rotatable bonds is 3. The first-order valence-corrected chi connectivity index (χ1v) is 4.66. The number of hydrogen-bond donors (Lipinski definition) is 1. The minimum Gasteiger partial charge on any atom is -0.354 e. The Kier molecular flexibility index (Phi) is 3.44. The van der Waals surface area contributed by atoms with Crippen LogP contribution in [-0.2, 0) is 0 Å². The molecule has 0 aliphatic rings. The number of nitro groups is 1. The van der Waals surface area contributed by atoms with E-state index in [4.69, 9.17) is 0 Å². The van der Waals surface area contributed by atoms with Crippen LogP contribution in [0.2, 0.25) is 0 Å². The zero-order valence-corrected chi connectivity index (χ0v) is 9.07. The third-order valence-corrected chi connectivity index (χ3v) is 2.20. The van der Waals surface area contributed by atoms with Crippen molar-refractivity contribution < 1.29 is 4.92 Å². The molecular formula is C11H14N2O2. The molecule has 0 amide bonds. The van der Waals surface area contributed by atoms with E-state index in [1.807, 2.05) is 31.2 Å². The van der Waals surface area contributed by atoms with Crippen molar-refractivity contribution in [1.29, 1.82) is 0 Å². The maximum atomic E-state index is 10.5. The predicted molar refractivity (Wildman–Crippen MR) is 60.2 cm³/mol. The van der Waals surface area contributed by atoms with E-state index in [2.05, 4.69) is 5.32 Å². The zero-order valence-electron chi connectivity index (χ0n) is 9.07. The summed E-state index contributed by atoms with van der Waals surface area (Å²) < 4.78 is 0. The fraction of sp³-hybridized carbons (Fsp3) is 0.273. The first-order valence-electron chi connectivity index (χ1n) is 4.66. The molecule has 0 radical (unpaired) electrons. The molecule has 80 valence electrons. The summed E-state index contributed by atoms with van der Waals surface area (Å²) in [4.78, 5) is 10.1. The van der Waals surface area contributed by atoms with Crippen molar-refractivity contribution in [3.63, 3.8) is 0 Å². The Labute approximate surface area is 88.8 Å². The van der Waals surface area contributed by atoms with Crippen LogP contribution in [-0.4, -0.2) is 4.92 Å². The largest absolute Gasteiger partial charge is 0.354 e. The van der Waals surface area contributed by atoms with Gasteiger partial charge in [0, 0.05) is 12.6 Å². The monoisotopic (exact) mass is 206 g/mol. The lowest BCUT2D eigenvalue weighted by molar-refractivity contribution is -0.425. The molecule has 0 atom stereocenters. The molecule has 1 rings (SSSR count). The van der Waals surface area contributed by atoms with Crippen molar-refractivity contribution >= 4 is 5.69 Å². The molecule has 15 heavy (non-hydrogen) atoms. The van der Waals surface area contributed by atoms with E-state index >= 15 is 0 Å². The summed E-state index contributed by atoms with van der Waals surface area (Å²) in [5.41, 5.74) is 2.71. The van der Waals surface area contributed by atoms with Gasteiger partial charge in [0.2, 0.25) is 0 Å². The molecular weight excluding hydrogens is 192 g/mol. The summed E-state index contributed by atoms with van der Waals surface area (Å²) in [5, 5.41) is 13.5. The molecule has 1 N–H and O–H groups in total. The average molecular weight is 206 g/mol. The molecule has 1 aromatic rings. The normalized spacial score (nSPS) is 11.9. The van der Waals surface area contributed by atoms with E-state index in [9.17, 15) is 10.1 Å². The van der Waals surface area contributed by atoms with Gasteiger partial charge in [-0.2, -0.15) is 0 Å². The molecule has 0 spiro atoms. The van der Waals surface area contributed by atoms with Crippen LogP contribution in [0.25, 0.3) is 0 Å². The maximum Gasteiger partial charge on any atom is 0.261 e. The van der Waals surface area contributed by atoms with Crippen molar-refractivity contribution in [2.45, 2.75) is 20.8 Å². The first kappa shape index (κ1) is 11.2. The number of aryl methyl sites for hydroxylation is 1.